The molecule has 0 saturated carbocycles. The molecular weight excluding hydrogens is 219 g/mol. The highest BCUT2D eigenvalue weighted by Crippen LogP contribution is 2.27. The van der Waals surface area contributed by atoms with Gasteiger partial charge in [0, 0.05) is 33.2 Å². The zero-order chi connectivity index (χ0) is 11.8. The van der Waals surface area contributed by atoms with Crippen LogP contribution in [0.2, 0.25) is 0 Å². The van der Waals surface area contributed by atoms with Crippen LogP contribution in [0.25, 0.3) is 10.9 Å². The fraction of sp³-hybridized carbons (Fsp3) is 0.417. The maximum atomic E-state index is 14.4. The molecule has 2 aromatic rings. The second kappa shape index (κ2) is 4.00. The fourth-order valence-corrected chi connectivity index (χ4v) is 2.33. The number of nitrogens with one attached hydrogen (secondary N) is 1. The summed E-state index contributed by atoms with van der Waals surface area (Å²) in [6, 6.07) is 3.79. The van der Waals surface area contributed by atoms with Crippen LogP contribution in [0, 0.1) is 5.82 Å². The molecule has 1 fully saturated rings. The molecule has 0 amide bonds. The molecule has 5 heteroatoms. The van der Waals surface area contributed by atoms with E-state index in [-0.39, 0.29) is 5.82 Å². The minimum atomic E-state index is -0.155. The molecule has 0 radical (unpaired) electrons. The van der Waals surface area contributed by atoms with E-state index in [4.69, 9.17) is 0 Å². The lowest BCUT2D eigenvalue weighted by Gasteiger charge is -2.29. The van der Waals surface area contributed by atoms with E-state index >= 15 is 0 Å². The zero-order valence-corrected chi connectivity index (χ0v) is 9.78. The highest BCUT2D eigenvalue weighted by Gasteiger charge is 2.17. The molecule has 1 saturated heterocycles. The molecule has 0 atom stereocenters. The van der Waals surface area contributed by atoms with Gasteiger partial charge in [-0.2, -0.15) is 5.10 Å². The standard InChI is InChI=1S/C12H15FN4/c1-16-10-2-3-11(12(13)9(10)8-15-16)17-6-4-14-5-7-17/h2-3,8,14H,4-7H2,1H3. The van der Waals surface area contributed by atoms with Crippen molar-refractivity contribution in [1.29, 1.82) is 0 Å². The van der Waals surface area contributed by atoms with Crippen molar-refractivity contribution in [3.8, 4) is 0 Å². The predicted molar refractivity (Wildman–Crippen MR) is 65.8 cm³/mol. The largest absolute Gasteiger partial charge is 0.367 e. The summed E-state index contributed by atoms with van der Waals surface area (Å²) < 4.78 is 16.0. The van der Waals surface area contributed by atoms with Crippen molar-refractivity contribution >= 4 is 16.6 Å². The first-order valence-electron chi connectivity index (χ1n) is 5.83. The fourth-order valence-electron chi connectivity index (χ4n) is 2.33. The van der Waals surface area contributed by atoms with Gasteiger partial charge in [0.05, 0.1) is 22.8 Å². The number of nitrogens with zero attached hydrogens (tertiary/aromatic N) is 3. The third kappa shape index (κ3) is 1.67. The molecule has 1 aromatic heterocycles. The first kappa shape index (κ1) is 10.5. The molecule has 3 rings (SSSR count). The molecule has 1 N–H and O–H groups in total. The molecule has 1 aliphatic rings. The Morgan fingerprint density at radius 1 is 1.29 bits per heavy atom. The van der Waals surface area contributed by atoms with E-state index in [0.717, 1.165) is 31.7 Å². The van der Waals surface area contributed by atoms with Crippen molar-refractivity contribution in [1.82, 2.24) is 15.1 Å². The minimum Gasteiger partial charge on any atom is -0.367 e. The second-order valence-electron chi connectivity index (χ2n) is 4.34. The number of fused-ring (bicyclic) bond motifs is 1. The molecular formula is C12H15FN4. The van der Waals surface area contributed by atoms with E-state index in [1.165, 1.54) is 0 Å². The Morgan fingerprint density at radius 3 is 2.82 bits per heavy atom. The highest BCUT2D eigenvalue weighted by atomic mass is 19.1. The number of halogens is 1. The van der Waals surface area contributed by atoms with Crippen LogP contribution in [-0.4, -0.2) is 36.0 Å². The summed E-state index contributed by atoms with van der Waals surface area (Å²) in [6.07, 6.45) is 1.59. The van der Waals surface area contributed by atoms with Gasteiger partial charge in [0.1, 0.15) is 0 Å². The van der Waals surface area contributed by atoms with E-state index in [1.54, 1.807) is 10.9 Å². The predicted octanol–water partition coefficient (Wildman–Crippen LogP) is 1.12. The third-order valence-corrected chi connectivity index (χ3v) is 3.30. The molecule has 0 bridgehead atoms. The zero-order valence-electron chi connectivity index (χ0n) is 9.78. The lowest BCUT2D eigenvalue weighted by atomic mass is 10.2. The molecule has 0 aliphatic carbocycles. The van der Waals surface area contributed by atoms with Gasteiger partial charge in [-0.25, -0.2) is 4.39 Å². The first-order chi connectivity index (χ1) is 8.27. The molecule has 4 nitrogen and oxygen atoms in total. The van der Waals surface area contributed by atoms with Gasteiger partial charge in [0.15, 0.2) is 5.82 Å². The Hall–Kier alpha value is -1.62. The lowest BCUT2D eigenvalue weighted by Crippen LogP contribution is -2.43. The van der Waals surface area contributed by atoms with E-state index in [9.17, 15) is 4.39 Å². The summed E-state index contributed by atoms with van der Waals surface area (Å²) >= 11 is 0. The summed E-state index contributed by atoms with van der Waals surface area (Å²) in [6.45, 7) is 3.51. The van der Waals surface area contributed by atoms with Crippen LogP contribution >= 0.6 is 0 Å². The van der Waals surface area contributed by atoms with Crippen molar-refractivity contribution in [3.63, 3.8) is 0 Å². The van der Waals surface area contributed by atoms with Crippen molar-refractivity contribution in [3.05, 3.63) is 24.1 Å². The van der Waals surface area contributed by atoms with Crippen molar-refractivity contribution in [2.45, 2.75) is 0 Å². The van der Waals surface area contributed by atoms with Crippen LogP contribution in [-0.2, 0) is 7.05 Å². The van der Waals surface area contributed by atoms with Crippen LogP contribution in [0.5, 0.6) is 0 Å². The molecule has 2 heterocycles. The normalized spacial score (nSPS) is 16.7. The van der Waals surface area contributed by atoms with E-state index in [0.29, 0.717) is 11.1 Å². The Balaban J connectivity index is 2.07. The number of piperazine rings is 1. The maximum Gasteiger partial charge on any atom is 0.157 e. The van der Waals surface area contributed by atoms with Crippen LogP contribution < -0.4 is 10.2 Å². The molecule has 1 aliphatic heterocycles. The number of aryl methyl sites for hydroxylation is 1. The number of anilines is 1. The minimum absolute atomic E-state index is 0.155. The van der Waals surface area contributed by atoms with E-state index in [2.05, 4.69) is 15.3 Å². The topological polar surface area (TPSA) is 33.1 Å². The van der Waals surface area contributed by atoms with Gasteiger partial charge >= 0.3 is 0 Å². The number of hydrogen-bond acceptors (Lipinski definition) is 3. The average molecular weight is 234 g/mol. The molecule has 0 unspecified atom stereocenters. The van der Waals surface area contributed by atoms with Gasteiger partial charge in [-0.05, 0) is 12.1 Å². The number of hydrogen-bond donors (Lipinski definition) is 1. The van der Waals surface area contributed by atoms with Crippen molar-refractivity contribution < 1.29 is 4.39 Å². The molecule has 0 spiro atoms. The van der Waals surface area contributed by atoms with Gasteiger partial charge in [-0.1, -0.05) is 0 Å². The highest BCUT2D eigenvalue weighted by molar-refractivity contribution is 5.83. The van der Waals surface area contributed by atoms with Crippen LogP contribution in [0.1, 0.15) is 0 Å². The molecule has 90 valence electrons. The van der Waals surface area contributed by atoms with E-state index in [1.807, 2.05) is 19.2 Å². The Morgan fingerprint density at radius 2 is 2.06 bits per heavy atom. The molecule has 1 aromatic carbocycles. The van der Waals surface area contributed by atoms with Crippen LogP contribution in [0.15, 0.2) is 18.3 Å². The van der Waals surface area contributed by atoms with Gasteiger partial charge < -0.3 is 10.2 Å². The van der Waals surface area contributed by atoms with Gasteiger partial charge in [-0.15, -0.1) is 0 Å². The quantitative estimate of drug-likeness (QED) is 0.802. The van der Waals surface area contributed by atoms with Crippen LogP contribution in [0.3, 0.4) is 0 Å². The van der Waals surface area contributed by atoms with Crippen molar-refractivity contribution in [2.24, 2.45) is 7.05 Å². The smallest absolute Gasteiger partial charge is 0.157 e. The first-order valence-corrected chi connectivity index (χ1v) is 5.83. The lowest BCUT2D eigenvalue weighted by molar-refractivity contribution is 0.570. The average Bonchev–Trinajstić information content (AvgIpc) is 2.74. The van der Waals surface area contributed by atoms with Gasteiger partial charge in [0.25, 0.3) is 0 Å². The van der Waals surface area contributed by atoms with Gasteiger partial charge in [0.2, 0.25) is 0 Å². The summed E-state index contributed by atoms with van der Waals surface area (Å²) in [5.41, 5.74) is 1.52. The summed E-state index contributed by atoms with van der Waals surface area (Å²) in [4.78, 5) is 2.08. The summed E-state index contributed by atoms with van der Waals surface area (Å²) in [7, 11) is 1.83. The summed E-state index contributed by atoms with van der Waals surface area (Å²) in [5, 5.41) is 7.95. The third-order valence-electron chi connectivity index (χ3n) is 3.30. The van der Waals surface area contributed by atoms with Gasteiger partial charge in [-0.3, -0.25) is 4.68 Å². The van der Waals surface area contributed by atoms with E-state index < -0.39 is 0 Å². The molecule has 17 heavy (non-hydrogen) atoms. The van der Waals surface area contributed by atoms with Crippen molar-refractivity contribution in [2.75, 3.05) is 31.1 Å². The number of rotatable bonds is 1. The SMILES string of the molecule is Cn1ncc2c(F)c(N3CCNCC3)ccc21. The number of benzene rings is 1. The Bertz CT molecular complexity index is 543. The number of aromatic nitrogens is 2. The second-order valence-corrected chi connectivity index (χ2v) is 4.34. The Labute approximate surface area is 99.0 Å². The van der Waals surface area contributed by atoms with Crippen LogP contribution in [0.4, 0.5) is 10.1 Å². The summed E-state index contributed by atoms with van der Waals surface area (Å²) in [5.74, 6) is -0.155. The monoisotopic (exact) mass is 234 g/mol. The Kier molecular flexibility index (Phi) is 2.48. The maximum absolute atomic E-state index is 14.4.